The number of esters is 2. The van der Waals surface area contributed by atoms with Crippen LogP contribution in [0.3, 0.4) is 0 Å². The molecular formula is C18H21N3O4S. The summed E-state index contributed by atoms with van der Waals surface area (Å²) in [6.45, 7) is 5.75. The minimum absolute atomic E-state index is 0.0160. The maximum absolute atomic E-state index is 11.9. The highest BCUT2D eigenvalue weighted by molar-refractivity contribution is 8.17. The van der Waals surface area contributed by atoms with Crippen LogP contribution in [-0.4, -0.2) is 43.6 Å². The van der Waals surface area contributed by atoms with E-state index in [1.54, 1.807) is 6.08 Å². The van der Waals surface area contributed by atoms with Gasteiger partial charge in [-0.1, -0.05) is 36.4 Å². The molecule has 0 aliphatic carbocycles. The summed E-state index contributed by atoms with van der Waals surface area (Å²) in [5, 5.41) is 4.58. The highest BCUT2D eigenvalue weighted by Gasteiger charge is 2.16. The highest BCUT2D eigenvalue weighted by Crippen LogP contribution is 2.19. The van der Waals surface area contributed by atoms with Gasteiger partial charge in [-0.05, 0) is 24.2 Å². The van der Waals surface area contributed by atoms with E-state index in [9.17, 15) is 9.59 Å². The second-order valence-corrected chi connectivity index (χ2v) is 5.77. The van der Waals surface area contributed by atoms with Crippen LogP contribution in [0.15, 0.2) is 64.1 Å². The fraction of sp³-hybridized carbons (Fsp3) is 0.222. The first kappa shape index (κ1) is 21.2. The Bertz CT molecular complexity index is 727. The molecule has 0 aliphatic heterocycles. The molecule has 0 atom stereocenters. The van der Waals surface area contributed by atoms with Gasteiger partial charge in [-0.2, -0.15) is 5.10 Å². The lowest BCUT2D eigenvalue weighted by molar-refractivity contribution is -0.137. The molecule has 0 fully saturated rings. The third-order valence-electron chi connectivity index (χ3n) is 2.92. The van der Waals surface area contributed by atoms with E-state index in [1.807, 2.05) is 37.3 Å². The number of rotatable bonds is 7. The molecule has 8 heteroatoms. The molecule has 0 unspecified atom stereocenters. The zero-order valence-electron chi connectivity index (χ0n) is 14.9. The number of hydrogen-bond acceptors (Lipinski definition) is 7. The van der Waals surface area contributed by atoms with Crippen molar-refractivity contribution in [2.24, 2.45) is 10.1 Å². The standard InChI is InChI=1S/C18H21N3O4S/c1-5-11-19-18(21-20-13(2)14-9-7-6-8-10-14)26-15(17(23)25-4)12-16(22)24-3/h5-10,12H,1,11H2,2-4H3,(H,19,21)/b15-12-,20-13+. The predicted octanol–water partition coefficient (Wildman–Crippen LogP) is 2.51. The quantitative estimate of drug-likeness (QED) is 0.197. The third-order valence-corrected chi connectivity index (χ3v) is 3.84. The van der Waals surface area contributed by atoms with E-state index < -0.39 is 11.9 Å². The first-order valence-corrected chi connectivity index (χ1v) is 8.40. The fourth-order valence-electron chi connectivity index (χ4n) is 1.61. The van der Waals surface area contributed by atoms with Gasteiger partial charge < -0.3 is 9.47 Å². The van der Waals surface area contributed by atoms with Crippen LogP contribution in [0.2, 0.25) is 0 Å². The minimum atomic E-state index is -0.683. The predicted molar refractivity (Wildman–Crippen MR) is 104 cm³/mol. The maximum atomic E-state index is 11.9. The molecule has 0 bridgehead atoms. The number of hydrogen-bond donors (Lipinski definition) is 1. The van der Waals surface area contributed by atoms with Crippen molar-refractivity contribution >= 4 is 34.6 Å². The smallest absolute Gasteiger partial charge is 0.345 e. The van der Waals surface area contributed by atoms with Crippen LogP contribution in [-0.2, 0) is 19.1 Å². The van der Waals surface area contributed by atoms with Crippen molar-refractivity contribution in [3.8, 4) is 0 Å². The number of methoxy groups -OCH3 is 2. The van der Waals surface area contributed by atoms with E-state index in [0.717, 1.165) is 29.1 Å². The van der Waals surface area contributed by atoms with E-state index in [-0.39, 0.29) is 4.91 Å². The Balaban J connectivity index is 3.01. The summed E-state index contributed by atoms with van der Waals surface area (Å²) in [6.07, 6.45) is 2.63. The molecule has 0 radical (unpaired) electrons. The summed E-state index contributed by atoms with van der Waals surface area (Å²) in [5.74, 6) is -1.36. The van der Waals surface area contributed by atoms with Gasteiger partial charge in [-0.15, -0.1) is 6.58 Å². The molecule has 26 heavy (non-hydrogen) atoms. The first-order valence-electron chi connectivity index (χ1n) is 7.58. The Hall–Kier alpha value is -2.87. The zero-order valence-corrected chi connectivity index (χ0v) is 15.7. The number of hydrazone groups is 1. The van der Waals surface area contributed by atoms with Crippen molar-refractivity contribution in [3.05, 3.63) is 59.5 Å². The SMILES string of the molecule is C=CCN=C(N/N=C(\C)c1ccccc1)S/C(=C\C(=O)OC)C(=O)OC. The van der Waals surface area contributed by atoms with Gasteiger partial charge >= 0.3 is 11.9 Å². The molecule has 0 aromatic heterocycles. The van der Waals surface area contributed by atoms with Gasteiger partial charge in [0.2, 0.25) is 0 Å². The molecule has 0 spiro atoms. The molecule has 0 aliphatic rings. The number of nitrogens with one attached hydrogen (secondary N) is 1. The molecular weight excluding hydrogens is 354 g/mol. The molecule has 1 N–H and O–H groups in total. The lowest BCUT2D eigenvalue weighted by Gasteiger charge is -2.08. The lowest BCUT2D eigenvalue weighted by atomic mass is 10.1. The van der Waals surface area contributed by atoms with Gasteiger partial charge in [-0.3, -0.25) is 10.4 Å². The van der Waals surface area contributed by atoms with Crippen LogP contribution >= 0.6 is 11.8 Å². The minimum Gasteiger partial charge on any atom is -0.466 e. The molecule has 7 nitrogen and oxygen atoms in total. The van der Waals surface area contributed by atoms with Crippen LogP contribution in [0.25, 0.3) is 0 Å². The van der Waals surface area contributed by atoms with E-state index in [2.05, 4.69) is 31.6 Å². The molecule has 0 saturated heterocycles. The monoisotopic (exact) mass is 375 g/mol. The summed E-state index contributed by atoms with van der Waals surface area (Å²) in [6, 6.07) is 9.57. The number of amidine groups is 1. The second-order valence-electron chi connectivity index (χ2n) is 4.73. The molecule has 1 aromatic rings. The number of carbonyl (C=O) groups excluding carboxylic acids is 2. The number of benzene rings is 1. The summed E-state index contributed by atoms with van der Waals surface area (Å²) < 4.78 is 9.24. The van der Waals surface area contributed by atoms with Crippen LogP contribution in [0.1, 0.15) is 12.5 Å². The first-order chi connectivity index (χ1) is 12.5. The second kappa shape index (κ2) is 11.6. The average Bonchev–Trinajstić information content (AvgIpc) is 2.68. The van der Waals surface area contributed by atoms with E-state index in [4.69, 9.17) is 0 Å². The van der Waals surface area contributed by atoms with Gasteiger partial charge in [0.05, 0.1) is 26.5 Å². The van der Waals surface area contributed by atoms with Crippen molar-refractivity contribution in [1.82, 2.24) is 5.43 Å². The topological polar surface area (TPSA) is 89.4 Å². The zero-order chi connectivity index (χ0) is 19.4. The van der Waals surface area contributed by atoms with E-state index in [0.29, 0.717) is 11.7 Å². The Kier molecular flexibility index (Phi) is 9.48. The summed E-state index contributed by atoms with van der Waals surface area (Å²) in [5.41, 5.74) is 4.47. The van der Waals surface area contributed by atoms with Gasteiger partial charge in [0.15, 0.2) is 5.17 Å². The Morgan fingerprint density at radius 2 is 1.92 bits per heavy atom. The van der Waals surface area contributed by atoms with Crippen molar-refractivity contribution < 1.29 is 19.1 Å². The van der Waals surface area contributed by atoms with E-state index in [1.165, 1.54) is 14.2 Å². The fourth-order valence-corrected chi connectivity index (χ4v) is 2.37. The molecule has 0 saturated carbocycles. The van der Waals surface area contributed by atoms with Crippen molar-refractivity contribution in [1.29, 1.82) is 0 Å². The number of aliphatic imine (C=N–C) groups is 1. The van der Waals surface area contributed by atoms with Crippen molar-refractivity contribution in [2.75, 3.05) is 20.8 Å². The molecule has 0 heterocycles. The van der Waals surface area contributed by atoms with Gasteiger partial charge in [-0.25, -0.2) is 9.59 Å². The van der Waals surface area contributed by atoms with Gasteiger partial charge in [0, 0.05) is 6.08 Å². The number of thioether (sulfide) groups is 1. The van der Waals surface area contributed by atoms with Crippen LogP contribution < -0.4 is 5.43 Å². The Morgan fingerprint density at radius 3 is 2.50 bits per heavy atom. The van der Waals surface area contributed by atoms with Crippen molar-refractivity contribution in [2.45, 2.75) is 6.92 Å². The number of nitrogens with zero attached hydrogens (tertiary/aromatic N) is 2. The summed E-state index contributed by atoms with van der Waals surface area (Å²) in [7, 11) is 2.44. The maximum Gasteiger partial charge on any atom is 0.345 e. The normalized spacial score (nSPS) is 12.3. The molecule has 0 amide bonds. The summed E-state index contributed by atoms with van der Waals surface area (Å²) >= 11 is 0.913. The average molecular weight is 375 g/mol. The van der Waals surface area contributed by atoms with Gasteiger partial charge in [0.1, 0.15) is 4.91 Å². The van der Waals surface area contributed by atoms with Crippen LogP contribution in [0.5, 0.6) is 0 Å². The Labute approximate surface area is 156 Å². The largest absolute Gasteiger partial charge is 0.466 e. The number of carbonyl (C=O) groups is 2. The van der Waals surface area contributed by atoms with Crippen LogP contribution in [0, 0.1) is 0 Å². The molecule has 138 valence electrons. The molecule has 1 aromatic carbocycles. The van der Waals surface area contributed by atoms with Crippen LogP contribution in [0.4, 0.5) is 0 Å². The summed E-state index contributed by atoms with van der Waals surface area (Å²) in [4.78, 5) is 27.6. The van der Waals surface area contributed by atoms with E-state index >= 15 is 0 Å². The highest BCUT2D eigenvalue weighted by atomic mass is 32.2. The number of ether oxygens (including phenoxy) is 2. The third kappa shape index (κ3) is 7.35. The Morgan fingerprint density at radius 1 is 1.23 bits per heavy atom. The lowest BCUT2D eigenvalue weighted by Crippen LogP contribution is -2.19. The van der Waals surface area contributed by atoms with Crippen molar-refractivity contribution in [3.63, 3.8) is 0 Å². The van der Waals surface area contributed by atoms with Gasteiger partial charge in [0.25, 0.3) is 0 Å². The molecule has 1 rings (SSSR count).